The Morgan fingerprint density at radius 2 is 2.00 bits per heavy atom. The second-order valence-electron chi connectivity index (χ2n) is 4.45. The van der Waals surface area contributed by atoms with E-state index in [2.05, 4.69) is 9.71 Å². The first kappa shape index (κ1) is 16.9. The third kappa shape index (κ3) is 3.82. The molecule has 0 bridgehead atoms. The van der Waals surface area contributed by atoms with E-state index in [0.717, 1.165) is 5.56 Å². The summed E-state index contributed by atoms with van der Waals surface area (Å²) in [4.78, 5) is 3.87. The number of sulfonamides is 1. The molecule has 0 unspecified atom stereocenters. The molecule has 0 amide bonds. The van der Waals surface area contributed by atoms with Crippen LogP contribution >= 0.6 is 23.2 Å². The van der Waals surface area contributed by atoms with Gasteiger partial charge in [-0.05, 0) is 43.7 Å². The molecule has 1 aromatic heterocycles. The van der Waals surface area contributed by atoms with Crippen LogP contribution in [0.25, 0.3) is 0 Å². The van der Waals surface area contributed by atoms with Crippen LogP contribution in [0.1, 0.15) is 12.5 Å². The second-order valence-corrected chi connectivity index (χ2v) is 6.94. The summed E-state index contributed by atoms with van der Waals surface area (Å²) in [5.41, 5.74) is 0.730. The minimum Gasteiger partial charge on any atom is -0.492 e. The Morgan fingerprint density at radius 3 is 2.59 bits per heavy atom. The third-order valence-corrected chi connectivity index (χ3v) is 4.79. The van der Waals surface area contributed by atoms with Crippen molar-refractivity contribution in [1.29, 1.82) is 0 Å². The van der Waals surface area contributed by atoms with Gasteiger partial charge in [0.25, 0.3) is 10.0 Å². The number of ether oxygens (including phenoxy) is 1. The smallest absolute Gasteiger partial charge is 0.266 e. The van der Waals surface area contributed by atoms with Gasteiger partial charge in [0.2, 0.25) is 0 Å². The highest BCUT2D eigenvalue weighted by Crippen LogP contribution is 2.31. The fraction of sp³-hybridized carbons (Fsp3) is 0.214. The van der Waals surface area contributed by atoms with E-state index in [4.69, 9.17) is 27.9 Å². The topological polar surface area (TPSA) is 68.3 Å². The van der Waals surface area contributed by atoms with Crippen LogP contribution in [0.5, 0.6) is 5.75 Å². The van der Waals surface area contributed by atoms with E-state index in [1.54, 1.807) is 19.9 Å². The molecule has 1 aromatic carbocycles. The molecule has 0 atom stereocenters. The normalized spacial score (nSPS) is 11.3. The van der Waals surface area contributed by atoms with Crippen LogP contribution in [0.2, 0.25) is 10.0 Å². The summed E-state index contributed by atoms with van der Waals surface area (Å²) in [6.45, 7) is 3.88. The van der Waals surface area contributed by atoms with E-state index in [1.807, 2.05) is 0 Å². The fourth-order valence-corrected chi connectivity index (χ4v) is 3.25. The number of hydrogen-bond donors (Lipinski definition) is 1. The Hall–Kier alpha value is -1.50. The van der Waals surface area contributed by atoms with Gasteiger partial charge < -0.3 is 4.74 Å². The molecule has 0 radical (unpaired) electrons. The van der Waals surface area contributed by atoms with Gasteiger partial charge in [-0.2, -0.15) is 0 Å². The molecule has 8 heteroatoms. The third-order valence-electron chi connectivity index (χ3n) is 2.78. The predicted octanol–water partition coefficient (Wildman–Crippen LogP) is 3.90. The molecule has 22 heavy (non-hydrogen) atoms. The summed E-state index contributed by atoms with van der Waals surface area (Å²) < 4.78 is 32.8. The highest BCUT2D eigenvalue weighted by Gasteiger charge is 2.22. The first-order valence-electron chi connectivity index (χ1n) is 6.41. The number of aryl methyl sites for hydroxylation is 1. The first-order chi connectivity index (χ1) is 10.3. The van der Waals surface area contributed by atoms with E-state index in [-0.39, 0.29) is 16.5 Å². The van der Waals surface area contributed by atoms with Gasteiger partial charge in [-0.15, -0.1) is 0 Å². The van der Waals surface area contributed by atoms with Crippen LogP contribution in [0, 0.1) is 6.92 Å². The zero-order valence-electron chi connectivity index (χ0n) is 11.9. The maximum Gasteiger partial charge on any atom is 0.266 e. The Bertz CT molecular complexity index is 777. The summed E-state index contributed by atoms with van der Waals surface area (Å²) in [6, 6.07) is 5.96. The Kier molecular flexibility index (Phi) is 5.16. The lowest BCUT2D eigenvalue weighted by Crippen LogP contribution is -2.15. The lowest BCUT2D eigenvalue weighted by molar-refractivity contribution is 0.331. The van der Waals surface area contributed by atoms with Crippen molar-refractivity contribution in [1.82, 2.24) is 4.98 Å². The van der Waals surface area contributed by atoms with E-state index in [1.165, 1.54) is 24.4 Å². The summed E-state index contributed by atoms with van der Waals surface area (Å²) in [6.07, 6.45) is 1.35. The van der Waals surface area contributed by atoms with Gasteiger partial charge in [-0.1, -0.05) is 23.2 Å². The van der Waals surface area contributed by atoms with Crippen molar-refractivity contribution in [3.05, 3.63) is 46.1 Å². The van der Waals surface area contributed by atoms with E-state index >= 15 is 0 Å². The van der Waals surface area contributed by atoms with E-state index in [9.17, 15) is 8.42 Å². The molecule has 2 aromatic rings. The standard InChI is InChI=1S/C14H14Cl2N2O3S/c1-3-21-12-6-9(2)11(16)7-13(12)22(19,20)18-14-5-4-10(15)8-17-14/h4-8H,3H2,1-2H3,(H,17,18). The molecule has 0 saturated carbocycles. The van der Waals surface area contributed by atoms with Gasteiger partial charge in [0.15, 0.2) is 0 Å². The number of hydrogen-bond acceptors (Lipinski definition) is 4. The molecule has 0 fully saturated rings. The minimum atomic E-state index is -3.88. The lowest BCUT2D eigenvalue weighted by Gasteiger charge is -2.14. The van der Waals surface area contributed by atoms with E-state index in [0.29, 0.717) is 16.7 Å². The van der Waals surface area contributed by atoms with Crippen molar-refractivity contribution in [2.24, 2.45) is 0 Å². The first-order valence-corrected chi connectivity index (χ1v) is 8.64. The highest BCUT2D eigenvalue weighted by atomic mass is 35.5. The van der Waals surface area contributed by atoms with Crippen molar-refractivity contribution < 1.29 is 13.2 Å². The molecule has 118 valence electrons. The average Bonchev–Trinajstić information content (AvgIpc) is 2.45. The molecular formula is C14H14Cl2N2O3S. The highest BCUT2D eigenvalue weighted by molar-refractivity contribution is 7.92. The Labute approximate surface area is 139 Å². The van der Waals surface area contributed by atoms with Crippen LogP contribution in [-0.4, -0.2) is 20.0 Å². The summed E-state index contributed by atoms with van der Waals surface area (Å²) in [5, 5.41) is 0.754. The zero-order chi connectivity index (χ0) is 16.3. The van der Waals surface area contributed by atoms with Gasteiger partial charge in [-0.25, -0.2) is 13.4 Å². The quantitative estimate of drug-likeness (QED) is 0.877. The van der Waals surface area contributed by atoms with Crippen LogP contribution in [-0.2, 0) is 10.0 Å². The molecule has 5 nitrogen and oxygen atoms in total. The summed E-state index contributed by atoms with van der Waals surface area (Å²) in [7, 11) is -3.88. The molecule has 0 aliphatic rings. The Morgan fingerprint density at radius 1 is 1.27 bits per heavy atom. The minimum absolute atomic E-state index is 0.0401. The van der Waals surface area contributed by atoms with Crippen molar-refractivity contribution >= 4 is 39.0 Å². The number of benzene rings is 1. The Balaban J connectivity index is 2.44. The van der Waals surface area contributed by atoms with Crippen molar-refractivity contribution in [2.45, 2.75) is 18.7 Å². The van der Waals surface area contributed by atoms with Crippen LogP contribution in [0.15, 0.2) is 35.4 Å². The average molecular weight is 361 g/mol. The zero-order valence-corrected chi connectivity index (χ0v) is 14.3. The van der Waals surface area contributed by atoms with E-state index < -0.39 is 10.0 Å². The molecule has 2 rings (SSSR count). The molecule has 1 N–H and O–H groups in total. The number of pyridine rings is 1. The van der Waals surface area contributed by atoms with Crippen LogP contribution in [0.3, 0.4) is 0 Å². The maximum absolute atomic E-state index is 12.5. The van der Waals surface area contributed by atoms with Crippen LogP contribution in [0.4, 0.5) is 5.82 Å². The number of rotatable bonds is 5. The number of halogens is 2. The maximum atomic E-state index is 12.5. The molecule has 0 aliphatic heterocycles. The largest absolute Gasteiger partial charge is 0.492 e. The van der Waals surface area contributed by atoms with Gasteiger partial charge in [-0.3, -0.25) is 4.72 Å². The van der Waals surface area contributed by atoms with Crippen molar-refractivity contribution in [2.75, 3.05) is 11.3 Å². The summed E-state index contributed by atoms with van der Waals surface area (Å²) in [5.74, 6) is 0.398. The molecule has 1 heterocycles. The van der Waals surface area contributed by atoms with Gasteiger partial charge in [0.1, 0.15) is 16.5 Å². The molecule has 0 spiro atoms. The molecule has 0 aliphatic carbocycles. The number of aromatic nitrogens is 1. The lowest BCUT2D eigenvalue weighted by atomic mass is 10.2. The fourth-order valence-electron chi connectivity index (χ4n) is 1.74. The van der Waals surface area contributed by atoms with Gasteiger partial charge >= 0.3 is 0 Å². The second kappa shape index (κ2) is 6.73. The SMILES string of the molecule is CCOc1cc(C)c(Cl)cc1S(=O)(=O)Nc1ccc(Cl)cn1. The number of nitrogens with one attached hydrogen (secondary N) is 1. The van der Waals surface area contributed by atoms with Gasteiger partial charge in [0, 0.05) is 11.2 Å². The van der Waals surface area contributed by atoms with Crippen molar-refractivity contribution in [3.63, 3.8) is 0 Å². The van der Waals surface area contributed by atoms with Crippen molar-refractivity contribution in [3.8, 4) is 5.75 Å². The molecular weight excluding hydrogens is 347 g/mol. The van der Waals surface area contributed by atoms with Gasteiger partial charge in [0.05, 0.1) is 11.6 Å². The van der Waals surface area contributed by atoms with Crippen LogP contribution < -0.4 is 9.46 Å². The summed E-state index contributed by atoms with van der Waals surface area (Å²) >= 11 is 11.8. The predicted molar refractivity (Wildman–Crippen MR) is 87.4 cm³/mol. The number of nitrogens with zero attached hydrogens (tertiary/aromatic N) is 1. The molecule has 0 saturated heterocycles. The number of anilines is 1. The monoisotopic (exact) mass is 360 g/mol.